The molecule has 1 aliphatic rings. The van der Waals surface area contributed by atoms with Crippen LogP contribution in [0.3, 0.4) is 0 Å². The van der Waals surface area contributed by atoms with E-state index in [1.807, 2.05) is 0 Å². The Kier molecular flexibility index (Phi) is 4.31. The van der Waals surface area contributed by atoms with Crippen LogP contribution in [0.5, 0.6) is 0 Å². The lowest BCUT2D eigenvalue weighted by molar-refractivity contribution is -0.117. The van der Waals surface area contributed by atoms with Crippen LogP contribution >= 0.6 is 23.5 Å². The normalized spacial score (nSPS) is 18.9. The molecule has 1 N–H and O–H groups in total. The molecular formula is C11H13N3O3S2. The maximum Gasteiger partial charge on any atom is 0.253 e. The molecule has 0 radical (unpaired) electrons. The molecule has 1 atom stereocenters. The van der Waals surface area contributed by atoms with Crippen LogP contribution in [0.15, 0.2) is 16.0 Å². The van der Waals surface area contributed by atoms with Gasteiger partial charge in [0, 0.05) is 31.2 Å². The SMILES string of the molecule is CSc1nc(N2CC(SC(C)=O)CC2=O)cc(=O)[nH]1. The number of anilines is 1. The number of carbonyl (C=O) groups excluding carboxylic acids is 2. The predicted octanol–water partition coefficient (Wildman–Crippen LogP) is 0.877. The fourth-order valence-corrected chi connectivity index (χ4v) is 3.17. The van der Waals surface area contributed by atoms with E-state index in [0.717, 1.165) is 11.8 Å². The third-order valence-electron chi connectivity index (χ3n) is 2.60. The smallest absolute Gasteiger partial charge is 0.253 e. The van der Waals surface area contributed by atoms with Gasteiger partial charge in [0.25, 0.3) is 5.56 Å². The summed E-state index contributed by atoms with van der Waals surface area (Å²) in [6.07, 6.45) is 2.09. The summed E-state index contributed by atoms with van der Waals surface area (Å²) in [6.45, 7) is 1.89. The molecular weight excluding hydrogens is 286 g/mol. The minimum atomic E-state index is -0.287. The van der Waals surface area contributed by atoms with Crippen LogP contribution in [0.25, 0.3) is 0 Å². The Labute approximate surface area is 118 Å². The van der Waals surface area contributed by atoms with Gasteiger partial charge in [-0.1, -0.05) is 23.5 Å². The fourth-order valence-electron chi connectivity index (χ4n) is 1.87. The highest BCUT2D eigenvalue weighted by atomic mass is 32.2. The Bertz CT molecular complexity index is 573. The number of amides is 1. The molecule has 0 aromatic carbocycles. The zero-order valence-corrected chi connectivity index (χ0v) is 12.1. The van der Waals surface area contributed by atoms with E-state index in [2.05, 4.69) is 9.97 Å². The van der Waals surface area contributed by atoms with Crippen molar-refractivity contribution >= 4 is 40.4 Å². The summed E-state index contributed by atoms with van der Waals surface area (Å²) < 4.78 is 0. The molecule has 8 heteroatoms. The van der Waals surface area contributed by atoms with Crippen molar-refractivity contribution in [3.8, 4) is 0 Å². The number of aromatic nitrogens is 2. The van der Waals surface area contributed by atoms with Crippen molar-refractivity contribution in [2.24, 2.45) is 0 Å². The zero-order valence-electron chi connectivity index (χ0n) is 10.5. The molecule has 1 aromatic rings. The second-order valence-corrected chi connectivity index (χ2v) is 6.33. The Hall–Kier alpha value is -1.28. The summed E-state index contributed by atoms with van der Waals surface area (Å²) in [7, 11) is 0. The fraction of sp³-hybridized carbons (Fsp3) is 0.455. The lowest BCUT2D eigenvalue weighted by Gasteiger charge is -2.15. The minimum absolute atomic E-state index is 0.0108. The van der Waals surface area contributed by atoms with Crippen LogP contribution in [-0.2, 0) is 9.59 Å². The second kappa shape index (κ2) is 5.79. The summed E-state index contributed by atoms with van der Waals surface area (Å²) in [6, 6.07) is 1.30. The third kappa shape index (κ3) is 3.38. The highest BCUT2D eigenvalue weighted by Crippen LogP contribution is 2.27. The molecule has 0 aliphatic carbocycles. The number of aromatic amines is 1. The molecule has 0 saturated carbocycles. The van der Waals surface area contributed by atoms with Gasteiger partial charge in [-0.2, -0.15) is 0 Å². The van der Waals surface area contributed by atoms with Crippen molar-refractivity contribution in [3.05, 3.63) is 16.4 Å². The Balaban J connectivity index is 2.22. The molecule has 1 aromatic heterocycles. The van der Waals surface area contributed by atoms with Gasteiger partial charge in [0.15, 0.2) is 10.3 Å². The van der Waals surface area contributed by atoms with Gasteiger partial charge in [-0.05, 0) is 6.26 Å². The minimum Gasteiger partial charge on any atom is -0.301 e. The monoisotopic (exact) mass is 299 g/mol. The number of nitrogens with one attached hydrogen (secondary N) is 1. The van der Waals surface area contributed by atoms with Crippen LogP contribution in [0.4, 0.5) is 5.82 Å². The van der Waals surface area contributed by atoms with E-state index in [1.54, 1.807) is 6.26 Å². The van der Waals surface area contributed by atoms with Crippen LogP contribution in [-0.4, -0.2) is 39.0 Å². The topological polar surface area (TPSA) is 83.1 Å². The van der Waals surface area contributed by atoms with Crippen molar-refractivity contribution in [1.29, 1.82) is 0 Å². The first-order valence-corrected chi connectivity index (χ1v) is 7.73. The summed E-state index contributed by atoms with van der Waals surface area (Å²) >= 11 is 2.46. The number of hydrogen-bond donors (Lipinski definition) is 1. The Morgan fingerprint density at radius 2 is 2.26 bits per heavy atom. The van der Waals surface area contributed by atoms with Crippen molar-refractivity contribution in [1.82, 2.24) is 9.97 Å². The first-order valence-electron chi connectivity index (χ1n) is 5.62. The molecule has 1 amide bonds. The van der Waals surface area contributed by atoms with Gasteiger partial charge in [-0.15, -0.1) is 0 Å². The number of rotatable bonds is 3. The lowest BCUT2D eigenvalue weighted by Crippen LogP contribution is -2.27. The molecule has 1 aliphatic heterocycles. The van der Waals surface area contributed by atoms with E-state index >= 15 is 0 Å². The first kappa shape index (κ1) is 14.1. The first-order chi connectivity index (χ1) is 8.99. The predicted molar refractivity (Wildman–Crippen MR) is 75.7 cm³/mol. The van der Waals surface area contributed by atoms with Crippen LogP contribution in [0, 0.1) is 0 Å². The van der Waals surface area contributed by atoms with Crippen molar-refractivity contribution < 1.29 is 9.59 Å². The van der Waals surface area contributed by atoms with Crippen molar-refractivity contribution in [2.75, 3.05) is 17.7 Å². The molecule has 6 nitrogen and oxygen atoms in total. The van der Waals surface area contributed by atoms with Crippen LogP contribution in [0.1, 0.15) is 13.3 Å². The summed E-state index contributed by atoms with van der Waals surface area (Å²) in [5.74, 6) is 0.244. The van der Waals surface area contributed by atoms with Gasteiger partial charge in [0.1, 0.15) is 5.82 Å². The Morgan fingerprint density at radius 3 is 2.89 bits per heavy atom. The maximum absolute atomic E-state index is 11.9. The zero-order chi connectivity index (χ0) is 14.0. The van der Waals surface area contributed by atoms with Gasteiger partial charge >= 0.3 is 0 Å². The van der Waals surface area contributed by atoms with E-state index < -0.39 is 0 Å². The van der Waals surface area contributed by atoms with Crippen LogP contribution in [0.2, 0.25) is 0 Å². The molecule has 2 rings (SSSR count). The summed E-state index contributed by atoms with van der Waals surface area (Å²) in [4.78, 5) is 42.7. The van der Waals surface area contributed by atoms with Crippen molar-refractivity contribution in [3.63, 3.8) is 0 Å². The quantitative estimate of drug-likeness (QED) is 0.659. The number of thioether (sulfide) groups is 2. The second-order valence-electron chi connectivity index (χ2n) is 4.05. The highest BCUT2D eigenvalue weighted by Gasteiger charge is 2.32. The Morgan fingerprint density at radius 1 is 1.53 bits per heavy atom. The third-order valence-corrected chi connectivity index (χ3v) is 4.16. The van der Waals surface area contributed by atoms with E-state index in [9.17, 15) is 14.4 Å². The van der Waals surface area contributed by atoms with E-state index in [-0.39, 0.29) is 21.8 Å². The van der Waals surface area contributed by atoms with Crippen molar-refractivity contribution in [2.45, 2.75) is 23.8 Å². The maximum atomic E-state index is 11.9. The molecule has 1 saturated heterocycles. The number of nitrogens with zero attached hydrogens (tertiary/aromatic N) is 2. The number of H-pyrrole nitrogens is 1. The largest absolute Gasteiger partial charge is 0.301 e. The van der Waals surface area contributed by atoms with E-state index in [0.29, 0.717) is 23.9 Å². The lowest BCUT2D eigenvalue weighted by atomic mass is 10.4. The molecule has 0 spiro atoms. The summed E-state index contributed by atoms with van der Waals surface area (Å²) in [5, 5.41) is 0.394. The average molecular weight is 299 g/mol. The van der Waals surface area contributed by atoms with Gasteiger partial charge in [0.2, 0.25) is 5.91 Å². The molecule has 1 unspecified atom stereocenters. The molecule has 19 heavy (non-hydrogen) atoms. The molecule has 102 valence electrons. The van der Waals surface area contributed by atoms with E-state index in [1.165, 1.54) is 29.7 Å². The van der Waals surface area contributed by atoms with Crippen LogP contribution < -0.4 is 10.5 Å². The standard InChI is InChI=1S/C11H13N3O3S2/c1-6(15)19-7-3-10(17)14(5-7)8-4-9(16)13-11(12-8)18-2/h4,7H,3,5H2,1-2H3,(H,12,13,16). The number of hydrogen-bond acceptors (Lipinski definition) is 6. The molecule has 2 heterocycles. The van der Waals surface area contributed by atoms with Gasteiger partial charge in [-0.25, -0.2) is 4.98 Å². The van der Waals surface area contributed by atoms with Gasteiger partial charge in [0.05, 0.1) is 0 Å². The van der Waals surface area contributed by atoms with E-state index in [4.69, 9.17) is 0 Å². The molecule has 0 bridgehead atoms. The summed E-state index contributed by atoms with van der Waals surface area (Å²) in [5.41, 5.74) is -0.287. The number of carbonyl (C=O) groups is 2. The average Bonchev–Trinajstić information content (AvgIpc) is 2.68. The van der Waals surface area contributed by atoms with Gasteiger partial charge < -0.3 is 4.98 Å². The van der Waals surface area contributed by atoms with Gasteiger partial charge in [-0.3, -0.25) is 19.3 Å². The highest BCUT2D eigenvalue weighted by molar-refractivity contribution is 8.14. The molecule has 1 fully saturated rings.